The summed E-state index contributed by atoms with van der Waals surface area (Å²) in [5.74, 6) is 1.12. The lowest BCUT2D eigenvalue weighted by Crippen LogP contribution is -2.20. The molecule has 2 N–H and O–H groups in total. The molecule has 1 amide bonds. The van der Waals surface area contributed by atoms with Crippen molar-refractivity contribution in [3.05, 3.63) is 42.1 Å². The maximum atomic E-state index is 12.3. The third-order valence-electron chi connectivity index (χ3n) is 4.43. The molecule has 1 aromatic heterocycles. The molecule has 1 aromatic carbocycles. The molecule has 1 fully saturated rings. The Hall–Kier alpha value is -2.63. The van der Waals surface area contributed by atoms with E-state index in [0.717, 1.165) is 5.82 Å². The smallest absolute Gasteiger partial charge is 0.276 e. The number of methoxy groups -OCH3 is 1. The predicted octanol–water partition coefficient (Wildman–Crippen LogP) is 3.87. The molecule has 132 valence electrons. The average molecular weight is 340 g/mol. The molecule has 6 nitrogen and oxygen atoms in total. The number of hydrogen-bond acceptors (Lipinski definition) is 5. The standard InChI is InChI=1S/C19H24N4O2/c1-25-16-10-6-9-15(13-16)21-19(24)17-11-12-18(23-22-17)20-14-7-4-2-3-5-8-14/h6,9-14H,2-5,7-8H2,1H3,(H,20,23)(H,21,24). The summed E-state index contributed by atoms with van der Waals surface area (Å²) >= 11 is 0. The number of carbonyl (C=O) groups is 1. The molecule has 0 radical (unpaired) electrons. The Morgan fingerprint density at radius 3 is 2.56 bits per heavy atom. The molecule has 3 rings (SSSR count). The third-order valence-corrected chi connectivity index (χ3v) is 4.43. The van der Waals surface area contributed by atoms with Crippen molar-refractivity contribution < 1.29 is 9.53 Å². The minimum absolute atomic E-state index is 0.286. The van der Waals surface area contributed by atoms with Gasteiger partial charge in [0.05, 0.1) is 7.11 Å². The number of hydrogen-bond donors (Lipinski definition) is 2. The highest BCUT2D eigenvalue weighted by molar-refractivity contribution is 6.02. The summed E-state index contributed by atoms with van der Waals surface area (Å²) in [6.45, 7) is 0. The Balaban J connectivity index is 1.59. The molecule has 0 unspecified atom stereocenters. The highest BCUT2D eigenvalue weighted by Gasteiger charge is 2.14. The van der Waals surface area contributed by atoms with Crippen molar-refractivity contribution in [1.82, 2.24) is 10.2 Å². The Morgan fingerprint density at radius 1 is 1.08 bits per heavy atom. The van der Waals surface area contributed by atoms with Gasteiger partial charge in [-0.3, -0.25) is 4.79 Å². The fraction of sp³-hybridized carbons (Fsp3) is 0.421. The number of ether oxygens (including phenoxy) is 1. The van der Waals surface area contributed by atoms with E-state index in [4.69, 9.17) is 4.74 Å². The molecule has 1 aliphatic carbocycles. The molecular weight excluding hydrogens is 316 g/mol. The van der Waals surface area contributed by atoms with Gasteiger partial charge in [-0.2, -0.15) is 0 Å². The lowest BCUT2D eigenvalue weighted by atomic mass is 10.1. The number of amides is 1. The molecule has 1 saturated carbocycles. The van der Waals surface area contributed by atoms with E-state index in [1.54, 1.807) is 25.3 Å². The van der Waals surface area contributed by atoms with Gasteiger partial charge in [-0.25, -0.2) is 0 Å². The van der Waals surface area contributed by atoms with Crippen molar-refractivity contribution in [1.29, 1.82) is 0 Å². The van der Waals surface area contributed by atoms with Gasteiger partial charge >= 0.3 is 0 Å². The van der Waals surface area contributed by atoms with E-state index in [0.29, 0.717) is 17.5 Å². The molecule has 25 heavy (non-hydrogen) atoms. The number of nitrogens with one attached hydrogen (secondary N) is 2. The molecule has 6 heteroatoms. The van der Waals surface area contributed by atoms with Crippen LogP contribution in [0.1, 0.15) is 49.0 Å². The van der Waals surface area contributed by atoms with E-state index in [-0.39, 0.29) is 11.6 Å². The van der Waals surface area contributed by atoms with Gasteiger partial charge in [-0.15, -0.1) is 10.2 Å². The second-order valence-corrected chi connectivity index (χ2v) is 6.32. The summed E-state index contributed by atoms with van der Waals surface area (Å²) < 4.78 is 5.15. The second kappa shape index (κ2) is 8.46. The SMILES string of the molecule is COc1cccc(NC(=O)c2ccc(NC3CCCCCC3)nn2)c1. The van der Waals surface area contributed by atoms with Crippen LogP contribution in [0.25, 0.3) is 0 Å². The zero-order valence-corrected chi connectivity index (χ0v) is 14.5. The van der Waals surface area contributed by atoms with Crippen LogP contribution in [-0.4, -0.2) is 29.3 Å². The van der Waals surface area contributed by atoms with Crippen molar-refractivity contribution >= 4 is 17.4 Å². The van der Waals surface area contributed by atoms with Crippen LogP contribution in [-0.2, 0) is 0 Å². The normalized spacial score (nSPS) is 15.2. The molecule has 1 heterocycles. The molecule has 0 atom stereocenters. The maximum absolute atomic E-state index is 12.3. The summed E-state index contributed by atoms with van der Waals surface area (Å²) in [6, 6.07) is 11.2. The zero-order valence-electron chi connectivity index (χ0n) is 14.5. The summed E-state index contributed by atoms with van der Waals surface area (Å²) in [4.78, 5) is 12.3. The first-order valence-electron chi connectivity index (χ1n) is 8.80. The van der Waals surface area contributed by atoms with Crippen LogP contribution in [0.15, 0.2) is 36.4 Å². The van der Waals surface area contributed by atoms with Crippen molar-refractivity contribution in [2.75, 3.05) is 17.7 Å². The topological polar surface area (TPSA) is 76.1 Å². The van der Waals surface area contributed by atoms with Gasteiger partial charge in [-0.05, 0) is 37.1 Å². The summed E-state index contributed by atoms with van der Waals surface area (Å²) in [5.41, 5.74) is 0.945. The largest absolute Gasteiger partial charge is 0.497 e. The van der Waals surface area contributed by atoms with Crippen LogP contribution in [0, 0.1) is 0 Å². The molecular formula is C19H24N4O2. The van der Waals surface area contributed by atoms with Crippen molar-refractivity contribution in [3.63, 3.8) is 0 Å². The van der Waals surface area contributed by atoms with Gasteiger partial charge in [0.25, 0.3) is 5.91 Å². The van der Waals surface area contributed by atoms with Crippen LogP contribution >= 0.6 is 0 Å². The van der Waals surface area contributed by atoms with E-state index >= 15 is 0 Å². The fourth-order valence-corrected chi connectivity index (χ4v) is 3.06. The van der Waals surface area contributed by atoms with Crippen LogP contribution in [0.4, 0.5) is 11.5 Å². The Labute approximate surface area is 148 Å². The number of benzene rings is 1. The zero-order chi connectivity index (χ0) is 17.5. The number of aromatic nitrogens is 2. The Bertz CT molecular complexity index is 695. The van der Waals surface area contributed by atoms with E-state index in [1.165, 1.54) is 38.5 Å². The van der Waals surface area contributed by atoms with Gasteiger partial charge in [0.1, 0.15) is 11.6 Å². The molecule has 0 saturated heterocycles. The molecule has 2 aromatic rings. The molecule has 0 aliphatic heterocycles. The Morgan fingerprint density at radius 2 is 1.88 bits per heavy atom. The van der Waals surface area contributed by atoms with Gasteiger partial charge in [0.2, 0.25) is 0 Å². The minimum Gasteiger partial charge on any atom is -0.497 e. The quantitative estimate of drug-likeness (QED) is 0.808. The van der Waals surface area contributed by atoms with Gasteiger partial charge in [0.15, 0.2) is 5.69 Å². The van der Waals surface area contributed by atoms with E-state index in [9.17, 15) is 4.79 Å². The average Bonchev–Trinajstić information content (AvgIpc) is 2.91. The first-order valence-corrected chi connectivity index (χ1v) is 8.80. The summed E-state index contributed by atoms with van der Waals surface area (Å²) in [6.07, 6.45) is 7.47. The Kier molecular flexibility index (Phi) is 5.82. The first-order chi connectivity index (χ1) is 12.2. The predicted molar refractivity (Wildman–Crippen MR) is 98.1 cm³/mol. The molecule has 1 aliphatic rings. The highest BCUT2D eigenvalue weighted by Crippen LogP contribution is 2.20. The van der Waals surface area contributed by atoms with E-state index in [1.807, 2.05) is 18.2 Å². The van der Waals surface area contributed by atoms with Crippen LogP contribution < -0.4 is 15.4 Å². The number of rotatable bonds is 5. The number of nitrogens with zero attached hydrogens (tertiary/aromatic N) is 2. The van der Waals surface area contributed by atoms with Crippen molar-refractivity contribution in [2.45, 2.75) is 44.6 Å². The van der Waals surface area contributed by atoms with Crippen LogP contribution in [0.3, 0.4) is 0 Å². The van der Waals surface area contributed by atoms with Gasteiger partial charge < -0.3 is 15.4 Å². The lowest BCUT2D eigenvalue weighted by Gasteiger charge is -2.16. The van der Waals surface area contributed by atoms with E-state index in [2.05, 4.69) is 20.8 Å². The highest BCUT2D eigenvalue weighted by atomic mass is 16.5. The van der Waals surface area contributed by atoms with Gasteiger partial charge in [-0.1, -0.05) is 31.7 Å². The summed E-state index contributed by atoms with van der Waals surface area (Å²) in [5, 5.41) is 14.4. The monoisotopic (exact) mass is 340 g/mol. The fourth-order valence-electron chi connectivity index (χ4n) is 3.06. The summed E-state index contributed by atoms with van der Waals surface area (Å²) in [7, 11) is 1.59. The van der Waals surface area contributed by atoms with Crippen molar-refractivity contribution in [2.24, 2.45) is 0 Å². The first kappa shape index (κ1) is 17.2. The van der Waals surface area contributed by atoms with Gasteiger partial charge in [0, 0.05) is 17.8 Å². The maximum Gasteiger partial charge on any atom is 0.276 e. The molecule has 0 spiro atoms. The lowest BCUT2D eigenvalue weighted by molar-refractivity contribution is 0.102. The number of anilines is 2. The minimum atomic E-state index is -0.290. The van der Waals surface area contributed by atoms with Crippen molar-refractivity contribution in [3.8, 4) is 5.75 Å². The van der Waals surface area contributed by atoms with Crippen LogP contribution in [0.2, 0.25) is 0 Å². The second-order valence-electron chi connectivity index (χ2n) is 6.32. The molecule has 0 bridgehead atoms. The third kappa shape index (κ3) is 4.92. The number of carbonyl (C=O) groups excluding carboxylic acids is 1. The van der Waals surface area contributed by atoms with Crippen LogP contribution in [0.5, 0.6) is 5.75 Å². The van der Waals surface area contributed by atoms with E-state index < -0.39 is 0 Å².